The van der Waals surface area contributed by atoms with Crippen LogP contribution >= 0.6 is 22.9 Å². The highest BCUT2D eigenvalue weighted by molar-refractivity contribution is 7.14. The minimum absolute atomic E-state index is 0.533. The largest absolute Gasteiger partial charge is 0.481 e. The van der Waals surface area contributed by atoms with Gasteiger partial charge in [-0.1, -0.05) is 72.3 Å². The number of amides is 1. The Hall–Kier alpha value is -3.61. The van der Waals surface area contributed by atoms with Gasteiger partial charge in [-0.25, -0.2) is 4.79 Å². The van der Waals surface area contributed by atoms with Gasteiger partial charge >= 0.3 is 12.1 Å². The molecule has 1 aliphatic rings. The first-order valence-corrected chi connectivity index (χ1v) is 12.9. The average molecular weight is 518 g/mol. The molecular formula is C29H24ClNO4S. The maximum absolute atomic E-state index is 12.8. The van der Waals surface area contributed by atoms with Crippen molar-refractivity contribution >= 4 is 40.7 Å². The molecule has 1 unspecified atom stereocenters. The number of carbonyl (C=O) groups is 2. The number of anilines is 1. The molecule has 182 valence electrons. The Morgan fingerprint density at radius 3 is 2.42 bits per heavy atom. The summed E-state index contributed by atoms with van der Waals surface area (Å²) in [4.78, 5) is 25.7. The van der Waals surface area contributed by atoms with Crippen molar-refractivity contribution in [2.24, 2.45) is 0 Å². The molecule has 1 fully saturated rings. The minimum Gasteiger partial charge on any atom is -0.481 e. The molecule has 1 amide bonds. The molecular weight excluding hydrogens is 494 g/mol. The minimum atomic E-state index is -0.835. The Morgan fingerprint density at radius 2 is 1.72 bits per heavy atom. The number of nitrogens with one attached hydrogen (secondary N) is 1. The van der Waals surface area contributed by atoms with Gasteiger partial charge in [0.15, 0.2) is 0 Å². The summed E-state index contributed by atoms with van der Waals surface area (Å²) in [5, 5.41) is 15.2. The molecule has 1 aliphatic carbocycles. The van der Waals surface area contributed by atoms with Crippen molar-refractivity contribution in [1.29, 1.82) is 0 Å². The Morgan fingerprint density at radius 1 is 1.00 bits per heavy atom. The fraction of sp³-hybridized carbons (Fsp3) is 0.172. The first kappa shape index (κ1) is 24.1. The average Bonchev–Trinajstić information content (AvgIpc) is 3.58. The molecule has 1 heterocycles. The van der Waals surface area contributed by atoms with Gasteiger partial charge in [-0.3, -0.25) is 10.1 Å². The Kier molecular flexibility index (Phi) is 6.56. The van der Waals surface area contributed by atoms with Crippen molar-refractivity contribution < 1.29 is 19.4 Å². The lowest BCUT2D eigenvalue weighted by atomic mass is 9.89. The second-order valence-corrected chi connectivity index (χ2v) is 10.2. The number of thiophene rings is 1. The lowest BCUT2D eigenvalue weighted by Gasteiger charge is -2.18. The third-order valence-corrected chi connectivity index (χ3v) is 7.88. The number of carbonyl (C=O) groups excluding carboxylic acids is 1. The van der Waals surface area contributed by atoms with E-state index in [4.69, 9.17) is 16.3 Å². The van der Waals surface area contributed by atoms with E-state index >= 15 is 0 Å². The molecule has 3 aromatic carbocycles. The van der Waals surface area contributed by atoms with E-state index in [2.05, 4.69) is 5.32 Å². The number of hydrogen-bond donors (Lipinski definition) is 2. The van der Waals surface area contributed by atoms with Crippen LogP contribution in [-0.2, 0) is 14.9 Å². The predicted molar refractivity (Wildman–Crippen MR) is 144 cm³/mol. The lowest BCUT2D eigenvalue weighted by Crippen LogP contribution is -2.19. The number of carboxylic acids is 1. The van der Waals surface area contributed by atoms with Gasteiger partial charge < -0.3 is 9.84 Å². The highest BCUT2D eigenvalue weighted by atomic mass is 35.5. The SMILES string of the molecule is CC(OC(=O)Nc1ccsc1-c1cc(C2(C(=O)O)CC2)ccc1-c1ccccc1)c1ccccc1Cl. The summed E-state index contributed by atoms with van der Waals surface area (Å²) in [7, 11) is 0. The zero-order chi connectivity index (χ0) is 25.3. The van der Waals surface area contributed by atoms with Gasteiger partial charge in [0.25, 0.3) is 0 Å². The van der Waals surface area contributed by atoms with Crippen LogP contribution in [0.5, 0.6) is 0 Å². The number of hydrogen-bond acceptors (Lipinski definition) is 4. The maximum Gasteiger partial charge on any atom is 0.412 e. The van der Waals surface area contributed by atoms with Gasteiger partial charge in [0.05, 0.1) is 16.0 Å². The molecule has 1 atom stereocenters. The molecule has 0 bridgehead atoms. The molecule has 1 aromatic heterocycles. The van der Waals surface area contributed by atoms with Gasteiger partial charge in [0.2, 0.25) is 0 Å². The Labute approximate surface area is 218 Å². The van der Waals surface area contributed by atoms with Gasteiger partial charge in [-0.2, -0.15) is 0 Å². The molecule has 0 radical (unpaired) electrons. The number of carboxylic acid groups (broad SMARTS) is 1. The van der Waals surface area contributed by atoms with E-state index in [-0.39, 0.29) is 0 Å². The number of halogens is 1. The van der Waals surface area contributed by atoms with Crippen LogP contribution < -0.4 is 5.32 Å². The van der Waals surface area contributed by atoms with Crippen LogP contribution in [0, 0.1) is 0 Å². The third kappa shape index (κ3) is 4.62. The van der Waals surface area contributed by atoms with E-state index in [0.717, 1.165) is 32.7 Å². The summed E-state index contributed by atoms with van der Waals surface area (Å²) in [5.41, 5.74) is 4.11. The second kappa shape index (κ2) is 9.80. The normalized spacial score (nSPS) is 14.6. The number of aliphatic carboxylic acids is 1. The van der Waals surface area contributed by atoms with Crippen LogP contribution in [0.15, 0.2) is 84.2 Å². The zero-order valence-corrected chi connectivity index (χ0v) is 21.1. The van der Waals surface area contributed by atoms with Gasteiger partial charge in [-0.15, -0.1) is 11.3 Å². The van der Waals surface area contributed by atoms with Crippen molar-refractivity contribution in [3.63, 3.8) is 0 Å². The quantitative estimate of drug-likeness (QED) is 0.259. The van der Waals surface area contributed by atoms with Gasteiger partial charge in [0, 0.05) is 16.1 Å². The number of ether oxygens (including phenoxy) is 1. The van der Waals surface area contributed by atoms with Crippen molar-refractivity contribution in [2.45, 2.75) is 31.3 Å². The highest BCUT2D eigenvalue weighted by Crippen LogP contribution is 2.51. The van der Waals surface area contributed by atoms with E-state index < -0.39 is 23.6 Å². The zero-order valence-electron chi connectivity index (χ0n) is 19.5. The van der Waals surface area contributed by atoms with E-state index in [9.17, 15) is 14.7 Å². The highest BCUT2D eigenvalue weighted by Gasteiger charge is 2.51. The third-order valence-electron chi connectivity index (χ3n) is 6.59. The smallest absolute Gasteiger partial charge is 0.412 e. The van der Waals surface area contributed by atoms with Crippen LogP contribution in [0.25, 0.3) is 21.6 Å². The number of rotatable bonds is 7. The topological polar surface area (TPSA) is 75.6 Å². The van der Waals surface area contributed by atoms with E-state index in [1.165, 1.54) is 11.3 Å². The first-order chi connectivity index (χ1) is 17.4. The first-order valence-electron chi connectivity index (χ1n) is 11.6. The van der Waals surface area contributed by atoms with Crippen molar-refractivity contribution in [3.8, 4) is 21.6 Å². The number of benzene rings is 3. The van der Waals surface area contributed by atoms with Gasteiger partial charge in [-0.05, 0) is 60.0 Å². The predicted octanol–water partition coefficient (Wildman–Crippen LogP) is 8.16. The summed E-state index contributed by atoms with van der Waals surface area (Å²) < 4.78 is 5.61. The van der Waals surface area contributed by atoms with E-state index in [1.807, 2.05) is 78.2 Å². The molecule has 5 nitrogen and oxygen atoms in total. The molecule has 2 N–H and O–H groups in total. The Bertz CT molecular complexity index is 1430. The maximum atomic E-state index is 12.8. The molecule has 7 heteroatoms. The van der Waals surface area contributed by atoms with Crippen molar-refractivity contribution in [1.82, 2.24) is 0 Å². The Balaban J connectivity index is 1.48. The lowest BCUT2D eigenvalue weighted by molar-refractivity contribution is -0.140. The molecule has 5 rings (SSSR count). The fourth-order valence-electron chi connectivity index (χ4n) is 4.43. The summed E-state index contributed by atoms with van der Waals surface area (Å²) in [6.45, 7) is 1.77. The summed E-state index contributed by atoms with van der Waals surface area (Å²) in [6.07, 6.45) is 0.112. The fourth-order valence-corrected chi connectivity index (χ4v) is 5.61. The molecule has 36 heavy (non-hydrogen) atoms. The standard InChI is InChI=1S/C29H24ClNO4S/c1-18(21-9-5-6-10-24(21)30)35-28(34)31-25-13-16-36-26(25)23-17-20(29(14-15-29)27(32)33)11-12-22(23)19-7-3-2-4-8-19/h2-13,16-18H,14-15H2,1H3,(H,31,34)(H,32,33). The summed E-state index contributed by atoms with van der Waals surface area (Å²) in [5.74, 6) is -0.803. The van der Waals surface area contributed by atoms with E-state index in [0.29, 0.717) is 23.6 Å². The summed E-state index contributed by atoms with van der Waals surface area (Å²) in [6, 6.07) is 24.8. The van der Waals surface area contributed by atoms with Crippen molar-refractivity contribution in [3.05, 3.63) is 100 Å². The van der Waals surface area contributed by atoms with Crippen LogP contribution in [0.2, 0.25) is 5.02 Å². The van der Waals surface area contributed by atoms with Crippen LogP contribution in [0.1, 0.15) is 37.0 Å². The van der Waals surface area contributed by atoms with Crippen LogP contribution in [0.4, 0.5) is 10.5 Å². The van der Waals surface area contributed by atoms with E-state index in [1.54, 1.807) is 13.0 Å². The monoisotopic (exact) mass is 517 g/mol. The molecule has 0 saturated heterocycles. The molecule has 0 aliphatic heterocycles. The molecule has 4 aromatic rings. The second-order valence-electron chi connectivity index (χ2n) is 8.87. The molecule has 0 spiro atoms. The van der Waals surface area contributed by atoms with Crippen LogP contribution in [-0.4, -0.2) is 17.2 Å². The van der Waals surface area contributed by atoms with Gasteiger partial charge in [0.1, 0.15) is 6.10 Å². The van der Waals surface area contributed by atoms with Crippen LogP contribution in [0.3, 0.4) is 0 Å². The summed E-state index contributed by atoms with van der Waals surface area (Å²) >= 11 is 7.73. The molecule has 1 saturated carbocycles. The van der Waals surface area contributed by atoms with Crippen molar-refractivity contribution in [2.75, 3.05) is 5.32 Å².